The highest BCUT2D eigenvalue weighted by Gasteiger charge is 2.45. The van der Waals surface area contributed by atoms with E-state index in [1.807, 2.05) is 42.2 Å². The standard InChI is InChI=1S/C26H29Cl2N5O4/c1-2-25(34)32-11-9-31(10-12-32)20-4-6-21(7-5-20)35-14-22-15-36-26(37-22,16-33-18-29-17-30-33)23-8-3-19(27)13-24(23)28/h3-8,13,17-18,22H,2,9-12,14-16H2,1H3/t22-,26-/m1/s1. The molecular weight excluding hydrogens is 517 g/mol. The second kappa shape index (κ2) is 11.3. The number of carbonyl (C=O) groups is 1. The van der Waals surface area contributed by atoms with Crippen LogP contribution in [-0.4, -0.2) is 71.1 Å². The Bertz CT molecular complexity index is 1200. The van der Waals surface area contributed by atoms with E-state index in [1.54, 1.807) is 23.1 Å². The molecule has 3 aromatic rings. The molecule has 2 aromatic carbocycles. The van der Waals surface area contributed by atoms with Crippen molar-refractivity contribution in [3.8, 4) is 5.75 Å². The van der Waals surface area contributed by atoms with E-state index >= 15 is 0 Å². The topological polar surface area (TPSA) is 82.0 Å². The van der Waals surface area contributed by atoms with Crippen LogP contribution in [0.2, 0.25) is 10.0 Å². The van der Waals surface area contributed by atoms with Gasteiger partial charge >= 0.3 is 0 Å². The smallest absolute Gasteiger partial charge is 0.222 e. The summed E-state index contributed by atoms with van der Waals surface area (Å²) in [5.74, 6) is -0.190. The second-order valence-corrected chi connectivity index (χ2v) is 9.89. The van der Waals surface area contributed by atoms with E-state index in [2.05, 4.69) is 15.0 Å². The fourth-order valence-electron chi connectivity index (χ4n) is 4.66. The third kappa shape index (κ3) is 5.85. The zero-order chi connectivity index (χ0) is 25.8. The van der Waals surface area contributed by atoms with E-state index in [0.29, 0.717) is 35.2 Å². The van der Waals surface area contributed by atoms with E-state index in [4.69, 9.17) is 37.4 Å². The number of amides is 1. The lowest BCUT2D eigenvalue weighted by molar-refractivity contribution is -0.190. The maximum Gasteiger partial charge on any atom is 0.222 e. The Morgan fingerprint density at radius 3 is 2.59 bits per heavy atom. The summed E-state index contributed by atoms with van der Waals surface area (Å²) in [5.41, 5.74) is 1.78. The molecule has 5 rings (SSSR count). The number of rotatable bonds is 8. The van der Waals surface area contributed by atoms with Gasteiger partial charge in [0.2, 0.25) is 11.7 Å². The minimum atomic E-state index is -1.14. The molecule has 0 saturated carbocycles. The molecule has 11 heteroatoms. The molecule has 1 aromatic heterocycles. The number of hydrogen-bond acceptors (Lipinski definition) is 7. The van der Waals surface area contributed by atoms with Crippen molar-refractivity contribution in [1.29, 1.82) is 0 Å². The van der Waals surface area contributed by atoms with Crippen molar-refractivity contribution in [2.24, 2.45) is 0 Å². The summed E-state index contributed by atoms with van der Waals surface area (Å²) >= 11 is 12.6. The maximum atomic E-state index is 11.9. The van der Waals surface area contributed by atoms with Crippen LogP contribution in [0.3, 0.4) is 0 Å². The van der Waals surface area contributed by atoms with Gasteiger partial charge in [0.1, 0.15) is 37.7 Å². The first-order valence-electron chi connectivity index (χ1n) is 12.3. The fraction of sp³-hybridized carbons (Fsp3) is 0.423. The predicted molar refractivity (Wildman–Crippen MR) is 140 cm³/mol. The number of nitrogens with zero attached hydrogens (tertiary/aromatic N) is 5. The van der Waals surface area contributed by atoms with Crippen molar-refractivity contribution in [2.45, 2.75) is 31.8 Å². The number of hydrogen-bond donors (Lipinski definition) is 0. The summed E-state index contributed by atoms with van der Waals surface area (Å²) in [6.45, 7) is 5.95. The van der Waals surface area contributed by atoms with Crippen molar-refractivity contribution in [3.05, 3.63) is 70.7 Å². The van der Waals surface area contributed by atoms with Gasteiger partial charge in [0.05, 0.1) is 11.6 Å². The largest absolute Gasteiger partial charge is 0.491 e. The molecular formula is C26H29Cl2N5O4. The van der Waals surface area contributed by atoms with Crippen LogP contribution in [0.25, 0.3) is 0 Å². The van der Waals surface area contributed by atoms with Crippen LogP contribution in [0.1, 0.15) is 18.9 Å². The normalized spacial score (nSPS) is 21.9. The molecule has 0 N–H and O–H groups in total. The summed E-state index contributed by atoms with van der Waals surface area (Å²) in [7, 11) is 0. The molecule has 37 heavy (non-hydrogen) atoms. The van der Waals surface area contributed by atoms with Crippen LogP contribution < -0.4 is 9.64 Å². The predicted octanol–water partition coefficient (Wildman–Crippen LogP) is 3.99. The van der Waals surface area contributed by atoms with Crippen LogP contribution in [-0.2, 0) is 26.6 Å². The van der Waals surface area contributed by atoms with Gasteiger partial charge in [0, 0.05) is 48.9 Å². The molecule has 3 heterocycles. The summed E-state index contributed by atoms with van der Waals surface area (Å²) in [5, 5.41) is 5.18. The lowest BCUT2D eigenvalue weighted by Crippen LogP contribution is -2.48. The van der Waals surface area contributed by atoms with Crippen molar-refractivity contribution >= 4 is 34.8 Å². The quantitative estimate of drug-likeness (QED) is 0.423. The van der Waals surface area contributed by atoms with Crippen molar-refractivity contribution in [1.82, 2.24) is 19.7 Å². The number of halogens is 2. The average Bonchev–Trinajstić information content (AvgIpc) is 3.58. The monoisotopic (exact) mass is 545 g/mol. The average molecular weight is 546 g/mol. The Labute approximate surface area is 225 Å². The summed E-state index contributed by atoms with van der Waals surface area (Å²) < 4.78 is 20.3. The molecule has 2 aliphatic rings. The van der Waals surface area contributed by atoms with Gasteiger partial charge in [-0.3, -0.25) is 4.79 Å². The third-order valence-electron chi connectivity index (χ3n) is 6.61. The van der Waals surface area contributed by atoms with Crippen LogP contribution in [0.4, 0.5) is 5.69 Å². The van der Waals surface area contributed by atoms with Gasteiger partial charge in [-0.05, 0) is 36.4 Å². The van der Waals surface area contributed by atoms with Crippen LogP contribution >= 0.6 is 23.2 Å². The molecule has 2 saturated heterocycles. The van der Waals surface area contributed by atoms with Gasteiger partial charge in [-0.25, -0.2) is 9.67 Å². The number of aromatic nitrogens is 3. The third-order valence-corrected chi connectivity index (χ3v) is 7.16. The Balaban J connectivity index is 1.20. The summed E-state index contributed by atoms with van der Waals surface area (Å²) in [4.78, 5) is 20.1. The number of carbonyl (C=O) groups excluding carboxylic acids is 1. The zero-order valence-corrected chi connectivity index (χ0v) is 22.1. The Morgan fingerprint density at radius 2 is 1.92 bits per heavy atom. The van der Waals surface area contributed by atoms with Gasteiger partial charge in [0.15, 0.2) is 0 Å². The summed E-state index contributed by atoms with van der Waals surface area (Å²) in [6.07, 6.45) is 3.29. The molecule has 0 radical (unpaired) electrons. The van der Waals surface area contributed by atoms with Gasteiger partial charge in [-0.15, -0.1) is 0 Å². The van der Waals surface area contributed by atoms with E-state index in [-0.39, 0.29) is 18.6 Å². The highest BCUT2D eigenvalue weighted by molar-refractivity contribution is 6.35. The van der Waals surface area contributed by atoms with Gasteiger partial charge in [-0.2, -0.15) is 5.10 Å². The molecule has 1 amide bonds. The van der Waals surface area contributed by atoms with Gasteiger partial charge in [-0.1, -0.05) is 36.2 Å². The van der Waals surface area contributed by atoms with Crippen molar-refractivity contribution in [3.63, 3.8) is 0 Å². The minimum absolute atomic E-state index is 0.213. The van der Waals surface area contributed by atoms with Crippen molar-refractivity contribution < 1.29 is 19.0 Å². The molecule has 0 aliphatic carbocycles. The highest BCUT2D eigenvalue weighted by Crippen LogP contribution is 2.40. The summed E-state index contributed by atoms with van der Waals surface area (Å²) in [6, 6.07) is 13.2. The molecule has 0 unspecified atom stereocenters. The first kappa shape index (κ1) is 25.8. The highest BCUT2D eigenvalue weighted by atomic mass is 35.5. The lowest BCUT2D eigenvalue weighted by Gasteiger charge is -2.36. The van der Waals surface area contributed by atoms with Crippen LogP contribution in [0.15, 0.2) is 55.1 Å². The fourth-order valence-corrected chi connectivity index (χ4v) is 5.21. The van der Waals surface area contributed by atoms with E-state index in [1.165, 1.54) is 6.33 Å². The van der Waals surface area contributed by atoms with Gasteiger partial charge < -0.3 is 24.0 Å². The Morgan fingerprint density at radius 1 is 1.14 bits per heavy atom. The van der Waals surface area contributed by atoms with E-state index in [9.17, 15) is 4.79 Å². The first-order chi connectivity index (χ1) is 18.0. The Hall–Kier alpha value is -2.85. The Kier molecular flexibility index (Phi) is 7.85. The van der Waals surface area contributed by atoms with Gasteiger partial charge in [0.25, 0.3) is 0 Å². The number of ether oxygens (including phenoxy) is 3. The second-order valence-electron chi connectivity index (χ2n) is 9.05. The molecule has 196 valence electrons. The molecule has 0 spiro atoms. The first-order valence-corrected chi connectivity index (χ1v) is 13.1. The molecule has 2 atom stereocenters. The van der Waals surface area contributed by atoms with E-state index < -0.39 is 5.79 Å². The zero-order valence-electron chi connectivity index (χ0n) is 20.6. The number of anilines is 1. The number of benzene rings is 2. The molecule has 0 bridgehead atoms. The lowest BCUT2D eigenvalue weighted by atomic mass is 10.1. The minimum Gasteiger partial charge on any atom is -0.491 e. The maximum absolute atomic E-state index is 11.9. The van der Waals surface area contributed by atoms with Crippen LogP contribution in [0, 0.1) is 0 Å². The number of piperazine rings is 1. The molecule has 2 aliphatic heterocycles. The van der Waals surface area contributed by atoms with Crippen LogP contribution in [0.5, 0.6) is 5.75 Å². The molecule has 9 nitrogen and oxygen atoms in total. The van der Waals surface area contributed by atoms with E-state index in [0.717, 1.165) is 37.6 Å². The van der Waals surface area contributed by atoms with Crippen molar-refractivity contribution in [2.75, 3.05) is 44.3 Å². The molecule has 2 fully saturated rings. The SMILES string of the molecule is CCC(=O)N1CCN(c2ccc(OC[C@@H]3CO[C@@](Cn4cncn4)(c4ccc(Cl)cc4Cl)O3)cc2)CC1.